The van der Waals surface area contributed by atoms with Crippen molar-refractivity contribution in [2.45, 2.75) is 101 Å². The summed E-state index contributed by atoms with van der Waals surface area (Å²) in [7, 11) is 0. The molecule has 0 radical (unpaired) electrons. The minimum atomic E-state index is -0.957. The number of ether oxygens (including phenoxy) is 1. The second kappa shape index (κ2) is 11.7. The molecule has 3 unspecified atom stereocenters. The number of imidazole rings is 1. The Hall–Kier alpha value is -3.45. The smallest absolute Gasteiger partial charge is 0.321 e. The van der Waals surface area contributed by atoms with Crippen molar-refractivity contribution >= 4 is 22.9 Å². The summed E-state index contributed by atoms with van der Waals surface area (Å²) >= 11 is 0. The molecular weight excluding hydrogens is 560 g/mol. The van der Waals surface area contributed by atoms with Crippen LogP contribution < -0.4 is 0 Å². The fraction of sp³-hybridized carbons (Fsp3) is 0.553. The zero-order chi connectivity index (χ0) is 31.2. The number of carbonyl (C=O) groups excluding carboxylic acids is 2. The molecule has 2 aromatic carbocycles. The first kappa shape index (κ1) is 30.2. The number of para-hydroxylation sites is 2. The molecule has 1 saturated carbocycles. The first-order valence-electron chi connectivity index (χ1n) is 17.2. The molecule has 7 heteroatoms. The maximum atomic E-state index is 13.8. The van der Waals surface area contributed by atoms with Crippen LogP contribution in [-0.4, -0.2) is 69.0 Å². The number of rotatable bonds is 9. The minimum Gasteiger partial charge on any atom is -0.465 e. The predicted molar refractivity (Wildman–Crippen MR) is 177 cm³/mol. The van der Waals surface area contributed by atoms with Crippen LogP contribution in [0.15, 0.2) is 67.3 Å². The van der Waals surface area contributed by atoms with Gasteiger partial charge in [0.1, 0.15) is 11.2 Å². The van der Waals surface area contributed by atoms with Gasteiger partial charge >= 0.3 is 5.97 Å². The molecular formula is C38H48N4O3. The number of hydrogen-bond acceptors (Lipinski definition) is 5. The van der Waals surface area contributed by atoms with Crippen molar-refractivity contribution in [3.8, 4) is 0 Å². The number of nitrogens with zero attached hydrogens (tertiary/aromatic N) is 4. The van der Waals surface area contributed by atoms with Crippen molar-refractivity contribution in [3.05, 3.63) is 78.6 Å². The van der Waals surface area contributed by atoms with E-state index in [4.69, 9.17) is 9.72 Å². The Morgan fingerprint density at radius 1 is 1.00 bits per heavy atom. The van der Waals surface area contributed by atoms with Gasteiger partial charge in [0.2, 0.25) is 5.91 Å². The lowest BCUT2D eigenvalue weighted by molar-refractivity contribution is -0.172. The molecule has 3 aliphatic heterocycles. The average Bonchev–Trinajstić information content (AvgIpc) is 3.49. The molecule has 3 atom stereocenters. The first-order chi connectivity index (χ1) is 21.8. The monoisotopic (exact) mass is 608 g/mol. The molecule has 1 aliphatic carbocycles. The molecule has 7 nitrogen and oxygen atoms in total. The van der Waals surface area contributed by atoms with Gasteiger partial charge in [-0.15, -0.1) is 6.58 Å². The zero-order valence-corrected chi connectivity index (χ0v) is 27.0. The van der Waals surface area contributed by atoms with Crippen molar-refractivity contribution in [1.82, 2.24) is 19.4 Å². The van der Waals surface area contributed by atoms with Crippen LogP contribution in [0.3, 0.4) is 0 Å². The summed E-state index contributed by atoms with van der Waals surface area (Å²) in [5.74, 6) is 0.764. The largest absolute Gasteiger partial charge is 0.465 e. The summed E-state index contributed by atoms with van der Waals surface area (Å²) in [6.45, 7) is 11.1. The molecule has 4 fully saturated rings. The van der Waals surface area contributed by atoms with Gasteiger partial charge in [-0.3, -0.25) is 14.5 Å². The second-order valence-corrected chi connectivity index (χ2v) is 14.1. The van der Waals surface area contributed by atoms with Crippen molar-refractivity contribution < 1.29 is 14.3 Å². The van der Waals surface area contributed by atoms with E-state index in [2.05, 4.69) is 83.6 Å². The molecule has 4 aliphatic rings. The van der Waals surface area contributed by atoms with Crippen LogP contribution in [-0.2, 0) is 19.7 Å². The van der Waals surface area contributed by atoms with Gasteiger partial charge in [-0.05, 0) is 94.7 Å². The Morgan fingerprint density at radius 3 is 2.42 bits per heavy atom. The van der Waals surface area contributed by atoms with Crippen LogP contribution in [0.4, 0.5) is 0 Å². The molecule has 0 spiro atoms. The van der Waals surface area contributed by atoms with Gasteiger partial charge in [0.05, 0.1) is 17.6 Å². The van der Waals surface area contributed by atoms with Gasteiger partial charge in [0.15, 0.2) is 0 Å². The SMILES string of the molecule is C=CC12CCC(CC(n3c(C)nc4ccccc43)C1)N2CCC1(c2ccccc2)CCN(C(=O)C2(C(=O)OCC)CCC2)CC1. The van der Waals surface area contributed by atoms with Crippen LogP contribution in [0, 0.1) is 12.3 Å². The highest BCUT2D eigenvalue weighted by molar-refractivity contribution is 6.03. The van der Waals surface area contributed by atoms with E-state index in [0.717, 1.165) is 62.8 Å². The van der Waals surface area contributed by atoms with Crippen LogP contribution in [0.1, 0.15) is 88.6 Å². The normalized spacial score (nSPS) is 27.2. The maximum Gasteiger partial charge on any atom is 0.321 e. The average molecular weight is 609 g/mol. The van der Waals surface area contributed by atoms with Gasteiger partial charge in [-0.25, -0.2) is 4.98 Å². The molecule has 3 saturated heterocycles. The standard InChI is InChI=1S/C38H48N4O3/c1-4-37-19-16-30(26-31(27-37)42-28(3)39-32-14-9-10-15-33(32)42)41(37)25-22-36(29-12-7-6-8-13-29)20-23-40(24-21-36)34(43)38(17-11-18-38)35(44)45-5-2/h4,6-10,12-15,30-31H,1,5,11,16-27H2,2-3H3. The van der Waals surface area contributed by atoms with Crippen LogP contribution in [0.5, 0.6) is 0 Å². The van der Waals surface area contributed by atoms with Crippen molar-refractivity contribution in [3.63, 3.8) is 0 Å². The molecule has 1 aromatic heterocycles. The number of carbonyl (C=O) groups is 2. The van der Waals surface area contributed by atoms with E-state index in [1.807, 2.05) is 11.8 Å². The van der Waals surface area contributed by atoms with Crippen LogP contribution >= 0.6 is 0 Å². The van der Waals surface area contributed by atoms with Gasteiger partial charge in [0, 0.05) is 37.3 Å². The van der Waals surface area contributed by atoms with E-state index in [1.165, 1.54) is 17.5 Å². The number of aromatic nitrogens is 2. The number of benzene rings is 2. The van der Waals surface area contributed by atoms with Crippen LogP contribution in [0.25, 0.3) is 11.0 Å². The molecule has 4 heterocycles. The topological polar surface area (TPSA) is 67.7 Å². The number of esters is 1. The Balaban J connectivity index is 1.10. The Kier molecular flexibility index (Phi) is 7.87. The third kappa shape index (κ3) is 4.93. The summed E-state index contributed by atoms with van der Waals surface area (Å²) in [5.41, 5.74) is 2.71. The predicted octanol–water partition coefficient (Wildman–Crippen LogP) is 6.75. The van der Waals surface area contributed by atoms with E-state index in [9.17, 15) is 9.59 Å². The van der Waals surface area contributed by atoms with Crippen molar-refractivity contribution in [2.24, 2.45) is 5.41 Å². The van der Waals surface area contributed by atoms with Gasteiger partial charge in [-0.1, -0.05) is 55.0 Å². The minimum absolute atomic E-state index is 0.00939. The quantitative estimate of drug-likeness (QED) is 0.153. The van der Waals surface area contributed by atoms with E-state index in [0.29, 0.717) is 44.6 Å². The highest BCUT2D eigenvalue weighted by Crippen LogP contribution is 2.51. The molecule has 1 amide bonds. The van der Waals surface area contributed by atoms with E-state index >= 15 is 0 Å². The Labute approximate surface area is 267 Å². The third-order valence-electron chi connectivity index (χ3n) is 12.1. The maximum absolute atomic E-state index is 13.8. The zero-order valence-electron chi connectivity index (χ0n) is 27.0. The van der Waals surface area contributed by atoms with Gasteiger partial charge in [0.25, 0.3) is 0 Å². The molecule has 3 aromatic rings. The van der Waals surface area contributed by atoms with Crippen LogP contribution in [0.2, 0.25) is 0 Å². The number of likely N-dealkylation sites (tertiary alicyclic amines) is 1. The number of amides is 1. The summed E-state index contributed by atoms with van der Waals surface area (Å²) in [5, 5.41) is 0. The molecule has 45 heavy (non-hydrogen) atoms. The summed E-state index contributed by atoms with van der Waals surface area (Å²) in [4.78, 5) is 36.3. The van der Waals surface area contributed by atoms with Crippen molar-refractivity contribution in [1.29, 1.82) is 0 Å². The molecule has 238 valence electrons. The molecule has 0 N–H and O–H groups in total. The third-order valence-corrected chi connectivity index (χ3v) is 12.1. The molecule has 7 rings (SSSR count). The fourth-order valence-electron chi connectivity index (χ4n) is 9.43. The first-order valence-corrected chi connectivity index (χ1v) is 17.2. The summed E-state index contributed by atoms with van der Waals surface area (Å²) in [6.07, 6.45) is 11.8. The lowest BCUT2D eigenvalue weighted by atomic mass is 9.66. The highest BCUT2D eigenvalue weighted by Gasteiger charge is 2.55. The van der Waals surface area contributed by atoms with E-state index in [-0.39, 0.29) is 22.8 Å². The van der Waals surface area contributed by atoms with Gasteiger partial charge in [-0.2, -0.15) is 0 Å². The summed E-state index contributed by atoms with van der Waals surface area (Å²) in [6, 6.07) is 20.4. The molecule has 2 bridgehead atoms. The van der Waals surface area contributed by atoms with E-state index < -0.39 is 5.41 Å². The Morgan fingerprint density at radius 2 is 1.73 bits per heavy atom. The Bertz CT molecular complexity index is 1570. The lowest BCUT2D eigenvalue weighted by Crippen LogP contribution is -2.57. The number of fused-ring (bicyclic) bond motifs is 3. The second-order valence-electron chi connectivity index (χ2n) is 14.1. The van der Waals surface area contributed by atoms with E-state index in [1.54, 1.807) is 0 Å². The van der Waals surface area contributed by atoms with Gasteiger partial charge < -0.3 is 14.2 Å². The number of aryl methyl sites for hydroxylation is 1. The summed E-state index contributed by atoms with van der Waals surface area (Å²) < 4.78 is 7.87. The van der Waals surface area contributed by atoms with Crippen molar-refractivity contribution in [2.75, 3.05) is 26.2 Å². The fourth-order valence-corrected chi connectivity index (χ4v) is 9.43. The highest BCUT2D eigenvalue weighted by atomic mass is 16.5. The lowest BCUT2D eigenvalue weighted by Gasteiger charge is -2.50. The number of piperidine rings is 2. The number of hydrogen-bond donors (Lipinski definition) is 0.